The molecule has 0 spiro atoms. The van der Waals surface area contributed by atoms with Crippen LogP contribution in [-0.4, -0.2) is 32.1 Å². The van der Waals surface area contributed by atoms with Crippen LogP contribution >= 0.6 is 7.83 Å². The Labute approximate surface area is 121 Å². The van der Waals surface area contributed by atoms with Crippen LogP contribution in [0.3, 0.4) is 0 Å². The van der Waals surface area contributed by atoms with Crippen molar-refractivity contribution in [1.82, 2.24) is 5.09 Å². The number of carboxylic acids is 1. The molecule has 0 aliphatic rings. The third-order valence-corrected chi connectivity index (χ3v) is 3.04. The van der Waals surface area contributed by atoms with Crippen molar-refractivity contribution in [2.75, 3.05) is 0 Å². The SMILES string of the molecule is O=C(O)C(Cc1cc([N+](=O)[O-])c(O)c([N+](=O)[O-])c1)NP(=O)=O. The van der Waals surface area contributed by atoms with E-state index < -0.39 is 53.2 Å². The maximum atomic E-state index is 10.9. The first-order valence-electron chi connectivity index (χ1n) is 5.41. The van der Waals surface area contributed by atoms with Crippen LogP contribution in [0.5, 0.6) is 5.75 Å². The first kappa shape index (κ1) is 17.2. The fourth-order valence-corrected chi connectivity index (χ4v) is 2.06. The summed E-state index contributed by atoms with van der Waals surface area (Å²) in [6, 6.07) is -0.194. The third-order valence-electron chi connectivity index (χ3n) is 2.52. The molecule has 0 aliphatic carbocycles. The van der Waals surface area contributed by atoms with E-state index in [-0.39, 0.29) is 5.56 Å². The van der Waals surface area contributed by atoms with Crippen LogP contribution in [-0.2, 0) is 20.3 Å². The van der Waals surface area contributed by atoms with E-state index in [1.807, 2.05) is 0 Å². The van der Waals surface area contributed by atoms with Gasteiger partial charge in [-0.05, 0) is 12.0 Å². The van der Waals surface area contributed by atoms with Gasteiger partial charge in [0.05, 0.1) is 9.85 Å². The Morgan fingerprint density at radius 3 is 2.00 bits per heavy atom. The predicted molar refractivity (Wildman–Crippen MR) is 68.0 cm³/mol. The molecule has 1 aromatic carbocycles. The number of nitro benzene ring substituents is 2. The van der Waals surface area contributed by atoms with E-state index in [0.29, 0.717) is 0 Å². The molecule has 0 bridgehead atoms. The highest BCUT2D eigenvalue weighted by atomic mass is 31.1. The minimum absolute atomic E-state index is 0.201. The first-order valence-corrected chi connectivity index (χ1v) is 6.59. The van der Waals surface area contributed by atoms with Crippen LogP contribution in [0.4, 0.5) is 11.4 Å². The fourth-order valence-electron chi connectivity index (χ4n) is 1.61. The van der Waals surface area contributed by atoms with Gasteiger partial charge in [0, 0.05) is 12.1 Å². The van der Waals surface area contributed by atoms with E-state index in [9.17, 15) is 39.3 Å². The normalized spacial score (nSPS) is 11.6. The number of hydrogen-bond donors (Lipinski definition) is 3. The van der Waals surface area contributed by atoms with Gasteiger partial charge in [0.1, 0.15) is 6.04 Å². The molecular weight excluding hydrogens is 325 g/mol. The zero-order valence-corrected chi connectivity index (χ0v) is 11.4. The molecule has 0 radical (unpaired) electrons. The van der Waals surface area contributed by atoms with Crippen LogP contribution in [0.1, 0.15) is 5.56 Å². The summed E-state index contributed by atoms with van der Waals surface area (Å²) in [4.78, 5) is 30.2. The van der Waals surface area contributed by atoms with Gasteiger partial charge in [-0.2, -0.15) is 5.09 Å². The zero-order chi connectivity index (χ0) is 17.0. The average molecular weight is 333 g/mol. The second kappa shape index (κ2) is 6.74. The average Bonchev–Trinajstić information content (AvgIpc) is 2.38. The standard InChI is InChI=1S/C9H8N3O9P/c13-8-6(11(16)17)2-4(3-7(8)12(18)19)1-5(9(14)15)10-22(20)21/h2-3,5,13H,1H2,(H,14,15)(H,10,20,21). The number of nitrogens with zero attached hydrogens (tertiary/aromatic N) is 2. The highest BCUT2D eigenvalue weighted by Gasteiger charge is 2.28. The van der Waals surface area contributed by atoms with Crippen molar-refractivity contribution < 1.29 is 34.0 Å². The molecule has 0 saturated carbocycles. The summed E-state index contributed by atoms with van der Waals surface area (Å²) in [5.41, 5.74) is -2.17. The van der Waals surface area contributed by atoms with Crippen LogP contribution in [0.15, 0.2) is 12.1 Å². The molecule has 118 valence electrons. The van der Waals surface area contributed by atoms with Crippen molar-refractivity contribution >= 4 is 25.2 Å². The maximum Gasteiger partial charge on any atom is 0.396 e. The van der Waals surface area contributed by atoms with Crippen molar-refractivity contribution in [2.45, 2.75) is 12.5 Å². The molecule has 12 nitrogen and oxygen atoms in total. The minimum Gasteiger partial charge on any atom is -0.497 e. The van der Waals surface area contributed by atoms with Gasteiger partial charge in [-0.3, -0.25) is 25.0 Å². The van der Waals surface area contributed by atoms with Crippen molar-refractivity contribution in [3.05, 3.63) is 37.9 Å². The summed E-state index contributed by atoms with van der Waals surface area (Å²) in [5, 5.41) is 41.5. The molecule has 0 aromatic heterocycles. The Morgan fingerprint density at radius 1 is 1.23 bits per heavy atom. The van der Waals surface area contributed by atoms with E-state index in [4.69, 9.17) is 5.11 Å². The number of carbonyl (C=O) groups is 1. The van der Waals surface area contributed by atoms with E-state index in [2.05, 4.69) is 0 Å². The van der Waals surface area contributed by atoms with Crippen molar-refractivity contribution in [3.63, 3.8) is 0 Å². The van der Waals surface area contributed by atoms with Gasteiger partial charge in [-0.25, -0.2) is 9.13 Å². The van der Waals surface area contributed by atoms with Gasteiger partial charge in [-0.1, -0.05) is 0 Å². The maximum absolute atomic E-state index is 10.9. The molecule has 1 rings (SSSR count). The number of hydrogen-bond acceptors (Lipinski definition) is 8. The molecule has 0 fully saturated rings. The van der Waals surface area contributed by atoms with Crippen LogP contribution in [0.25, 0.3) is 0 Å². The molecule has 1 atom stereocenters. The molecule has 3 N–H and O–H groups in total. The molecule has 0 amide bonds. The summed E-state index contributed by atoms with van der Waals surface area (Å²) in [6.45, 7) is 0. The Hall–Kier alpha value is -2.85. The fraction of sp³-hybridized carbons (Fsp3) is 0.222. The number of benzene rings is 1. The van der Waals surface area contributed by atoms with Crippen molar-refractivity contribution in [2.24, 2.45) is 0 Å². The molecule has 1 unspecified atom stereocenters. The van der Waals surface area contributed by atoms with Gasteiger partial charge < -0.3 is 10.2 Å². The minimum atomic E-state index is -3.26. The lowest BCUT2D eigenvalue weighted by atomic mass is 10.0. The smallest absolute Gasteiger partial charge is 0.396 e. The van der Waals surface area contributed by atoms with Crippen LogP contribution < -0.4 is 5.09 Å². The van der Waals surface area contributed by atoms with E-state index >= 15 is 0 Å². The summed E-state index contributed by atoms with van der Waals surface area (Å²) < 4.78 is 21.0. The third kappa shape index (κ3) is 4.07. The van der Waals surface area contributed by atoms with Gasteiger partial charge >= 0.3 is 25.2 Å². The van der Waals surface area contributed by atoms with Crippen LogP contribution in [0.2, 0.25) is 0 Å². The Morgan fingerprint density at radius 2 is 1.68 bits per heavy atom. The monoisotopic (exact) mass is 333 g/mol. The Bertz CT molecular complexity index is 671. The van der Waals surface area contributed by atoms with Gasteiger partial charge in [0.2, 0.25) is 0 Å². The van der Waals surface area contributed by atoms with Crippen LogP contribution in [0, 0.1) is 20.2 Å². The molecule has 0 heterocycles. The number of nitro groups is 2. The summed E-state index contributed by atoms with van der Waals surface area (Å²) in [7, 11) is -3.26. The molecule has 0 aliphatic heterocycles. The highest BCUT2D eigenvalue weighted by Crippen LogP contribution is 2.37. The van der Waals surface area contributed by atoms with Crippen molar-refractivity contribution in [1.29, 1.82) is 0 Å². The molecule has 0 saturated heterocycles. The quantitative estimate of drug-likeness (QED) is 0.366. The van der Waals surface area contributed by atoms with E-state index in [1.54, 1.807) is 5.09 Å². The summed E-state index contributed by atoms with van der Waals surface area (Å²) in [5.74, 6) is -2.74. The van der Waals surface area contributed by atoms with Gasteiger partial charge in [-0.15, -0.1) is 0 Å². The number of carboxylic acid groups (broad SMARTS) is 1. The summed E-state index contributed by atoms with van der Waals surface area (Å²) >= 11 is 0. The molecule has 22 heavy (non-hydrogen) atoms. The van der Waals surface area contributed by atoms with E-state index in [1.165, 1.54) is 0 Å². The Kier molecular flexibility index (Phi) is 5.27. The second-order valence-corrected chi connectivity index (χ2v) is 4.75. The Balaban J connectivity index is 3.32. The highest BCUT2D eigenvalue weighted by molar-refractivity contribution is 7.28. The number of rotatable bonds is 7. The number of aromatic hydroxyl groups is 1. The largest absolute Gasteiger partial charge is 0.497 e. The van der Waals surface area contributed by atoms with Crippen molar-refractivity contribution in [3.8, 4) is 5.75 Å². The summed E-state index contributed by atoms with van der Waals surface area (Å²) in [6.07, 6.45) is -0.583. The predicted octanol–water partition coefficient (Wildman–Crippen LogP) is 0.882. The number of aliphatic carboxylic acids is 1. The zero-order valence-electron chi connectivity index (χ0n) is 10.5. The number of nitrogens with one attached hydrogen (secondary N) is 1. The topological polar surface area (TPSA) is 190 Å². The van der Waals surface area contributed by atoms with Gasteiger partial charge in [0.15, 0.2) is 0 Å². The molecular formula is C9H8N3O9P. The second-order valence-electron chi connectivity index (χ2n) is 3.98. The van der Waals surface area contributed by atoms with Gasteiger partial charge in [0.25, 0.3) is 5.75 Å². The molecule has 13 heteroatoms. The lowest BCUT2D eigenvalue weighted by molar-refractivity contribution is -0.396. The number of phenolic OH excluding ortho intramolecular Hbond substituents is 1. The first-order chi connectivity index (χ1) is 10.1. The lowest BCUT2D eigenvalue weighted by Crippen LogP contribution is -2.33. The van der Waals surface area contributed by atoms with E-state index in [0.717, 1.165) is 12.1 Å². The lowest BCUT2D eigenvalue weighted by Gasteiger charge is -2.09. The number of phenols is 1. The molecule has 1 aromatic rings.